The summed E-state index contributed by atoms with van der Waals surface area (Å²) in [4.78, 5) is 25.4. The maximum atomic E-state index is 13.2. The molecule has 31 heavy (non-hydrogen) atoms. The Morgan fingerprint density at radius 2 is 1.94 bits per heavy atom. The van der Waals surface area contributed by atoms with Crippen molar-refractivity contribution < 1.29 is 23.1 Å². The number of anilines is 1. The molecule has 10 heteroatoms. The third-order valence-electron chi connectivity index (χ3n) is 4.36. The zero-order valence-corrected chi connectivity index (χ0v) is 17.6. The van der Waals surface area contributed by atoms with Gasteiger partial charge < -0.3 is 10.1 Å². The molecule has 2 aromatic heterocycles. The zero-order valence-electron chi connectivity index (χ0n) is 16.0. The van der Waals surface area contributed by atoms with Crippen LogP contribution in [0.4, 0.5) is 14.5 Å². The molecule has 0 unspecified atom stereocenters. The Bertz CT molecular complexity index is 1320. The molecule has 0 saturated heterocycles. The number of hydrogen-bond donors (Lipinski definition) is 1. The van der Waals surface area contributed by atoms with Crippen LogP contribution in [0.2, 0.25) is 5.02 Å². The number of fused-ring (bicyclic) bond motifs is 1. The van der Waals surface area contributed by atoms with Crippen LogP contribution in [0.3, 0.4) is 0 Å². The molecule has 0 saturated carbocycles. The Hall–Kier alpha value is -3.30. The Balaban J connectivity index is 1.48. The van der Waals surface area contributed by atoms with Crippen molar-refractivity contribution in [2.45, 2.75) is 6.92 Å². The number of thiophene rings is 1. The second-order valence-corrected chi connectivity index (χ2v) is 7.97. The van der Waals surface area contributed by atoms with Crippen LogP contribution in [0.15, 0.2) is 48.5 Å². The van der Waals surface area contributed by atoms with Gasteiger partial charge >= 0.3 is 5.97 Å². The molecule has 6 nitrogen and oxygen atoms in total. The minimum Gasteiger partial charge on any atom is -0.451 e. The quantitative estimate of drug-likeness (QED) is 0.418. The number of benzene rings is 2. The molecular formula is C21H14ClF2N3O3S. The number of carbonyl (C=O) groups excluding carboxylic acids is 2. The molecule has 0 radical (unpaired) electrons. The monoisotopic (exact) mass is 461 g/mol. The fourth-order valence-electron chi connectivity index (χ4n) is 2.91. The molecule has 0 aliphatic carbocycles. The zero-order chi connectivity index (χ0) is 22.1. The number of aryl methyl sites for hydroxylation is 1. The van der Waals surface area contributed by atoms with Crippen molar-refractivity contribution in [3.05, 3.63) is 75.8 Å². The van der Waals surface area contributed by atoms with Gasteiger partial charge in [-0.25, -0.2) is 18.3 Å². The fourth-order valence-corrected chi connectivity index (χ4v) is 4.19. The standard InChI is InChI=1S/C21H14ClF2N3O3S/c1-11-13-9-18(31-20(13)27(26-11)17-5-3-2-4-14(17)22)21(29)30-10-19(28)25-12-6-7-15(23)16(24)8-12/h2-9H,10H2,1H3,(H,25,28). The van der Waals surface area contributed by atoms with Crippen LogP contribution in [0.5, 0.6) is 0 Å². The summed E-state index contributed by atoms with van der Waals surface area (Å²) in [6, 6.07) is 11.8. The van der Waals surface area contributed by atoms with E-state index in [1.54, 1.807) is 16.8 Å². The van der Waals surface area contributed by atoms with Crippen molar-refractivity contribution in [1.29, 1.82) is 0 Å². The summed E-state index contributed by atoms with van der Waals surface area (Å²) in [5, 5.41) is 8.10. The van der Waals surface area contributed by atoms with E-state index in [4.69, 9.17) is 16.3 Å². The van der Waals surface area contributed by atoms with Crippen LogP contribution < -0.4 is 5.32 Å². The second-order valence-electron chi connectivity index (χ2n) is 6.53. The predicted molar refractivity (Wildman–Crippen MR) is 114 cm³/mol. The number of ether oxygens (including phenoxy) is 1. The summed E-state index contributed by atoms with van der Waals surface area (Å²) < 4.78 is 32.9. The summed E-state index contributed by atoms with van der Waals surface area (Å²) in [6.07, 6.45) is 0. The summed E-state index contributed by atoms with van der Waals surface area (Å²) in [6.45, 7) is 1.23. The van der Waals surface area contributed by atoms with Gasteiger partial charge in [0.2, 0.25) is 0 Å². The molecule has 4 rings (SSSR count). The summed E-state index contributed by atoms with van der Waals surface area (Å²) >= 11 is 7.43. The van der Waals surface area contributed by atoms with Crippen molar-refractivity contribution in [3.63, 3.8) is 0 Å². The van der Waals surface area contributed by atoms with E-state index in [-0.39, 0.29) is 10.6 Å². The Morgan fingerprint density at radius 3 is 2.68 bits per heavy atom. The first kappa shape index (κ1) is 21.0. The molecule has 2 aromatic carbocycles. The van der Waals surface area contributed by atoms with Gasteiger partial charge in [-0.15, -0.1) is 11.3 Å². The molecule has 158 valence electrons. The van der Waals surface area contributed by atoms with Crippen LogP contribution in [-0.4, -0.2) is 28.3 Å². The van der Waals surface area contributed by atoms with Gasteiger partial charge in [-0.1, -0.05) is 23.7 Å². The molecule has 0 aliphatic rings. The van der Waals surface area contributed by atoms with Crippen LogP contribution in [-0.2, 0) is 9.53 Å². The van der Waals surface area contributed by atoms with E-state index in [2.05, 4.69) is 10.4 Å². The summed E-state index contributed by atoms with van der Waals surface area (Å²) in [5.74, 6) is -3.49. The minimum atomic E-state index is -1.09. The van der Waals surface area contributed by atoms with E-state index in [9.17, 15) is 18.4 Å². The van der Waals surface area contributed by atoms with Gasteiger partial charge in [0, 0.05) is 17.1 Å². The highest BCUT2D eigenvalue weighted by molar-refractivity contribution is 7.20. The number of para-hydroxylation sites is 1. The van der Waals surface area contributed by atoms with E-state index in [0.29, 0.717) is 21.2 Å². The first-order chi connectivity index (χ1) is 14.8. The lowest BCUT2D eigenvalue weighted by atomic mass is 10.3. The van der Waals surface area contributed by atoms with E-state index in [1.807, 2.05) is 25.1 Å². The first-order valence-corrected chi connectivity index (χ1v) is 10.2. The lowest BCUT2D eigenvalue weighted by molar-refractivity contribution is -0.119. The molecule has 0 atom stereocenters. The number of halogens is 3. The van der Waals surface area contributed by atoms with Gasteiger partial charge in [-0.2, -0.15) is 5.10 Å². The lowest BCUT2D eigenvalue weighted by Gasteiger charge is -2.06. The smallest absolute Gasteiger partial charge is 0.348 e. The van der Waals surface area contributed by atoms with Gasteiger partial charge in [0.1, 0.15) is 9.71 Å². The van der Waals surface area contributed by atoms with Crippen LogP contribution in [0.25, 0.3) is 15.9 Å². The SMILES string of the molecule is Cc1nn(-c2ccccc2Cl)c2sc(C(=O)OCC(=O)Nc3ccc(F)c(F)c3)cc12. The number of nitrogens with zero attached hydrogens (tertiary/aromatic N) is 2. The average molecular weight is 462 g/mol. The molecule has 4 aromatic rings. The first-order valence-electron chi connectivity index (χ1n) is 8.99. The molecule has 2 heterocycles. The van der Waals surface area contributed by atoms with Crippen molar-refractivity contribution in [2.24, 2.45) is 0 Å². The maximum absolute atomic E-state index is 13.2. The number of aromatic nitrogens is 2. The van der Waals surface area contributed by atoms with Crippen LogP contribution in [0.1, 0.15) is 15.4 Å². The molecule has 1 amide bonds. The number of amides is 1. The van der Waals surface area contributed by atoms with E-state index in [1.165, 1.54) is 6.07 Å². The van der Waals surface area contributed by atoms with Gasteiger partial charge in [-0.3, -0.25) is 4.79 Å². The van der Waals surface area contributed by atoms with Gasteiger partial charge in [0.05, 0.1) is 16.4 Å². The Kier molecular flexibility index (Phi) is 5.71. The number of carbonyl (C=O) groups is 2. The Morgan fingerprint density at radius 1 is 1.16 bits per heavy atom. The Labute approximate surface area is 184 Å². The number of hydrogen-bond acceptors (Lipinski definition) is 5. The molecule has 0 bridgehead atoms. The van der Waals surface area contributed by atoms with Crippen molar-refractivity contribution in [2.75, 3.05) is 11.9 Å². The fraction of sp³-hybridized carbons (Fsp3) is 0.0952. The largest absolute Gasteiger partial charge is 0.451 e. The molecule has 1 N–H and O–H groups in total. The predicted octanol–water partition coefficient (Wildman–Crippen LogP) is 5.12. The number of rotatable bonds is 5. The highest BCUT2D eigenvalue weighted by atomic mass is 35.5. The van der Waals surface area contributed by atoms with Crippen molar-refractivity contribution in [3.8, 4) is 5.69 Å². The summed E-state index contributed by atoms with van der Waals surface area (Å²) in [5.41, 5.74) is 1.44. The van der Waals surface area contributed by atoms with Gasteiger partial charge in [-0.05, 0) is 37.3 Å². The topological polar surface area (TPSA) is 73.2 Å². The molecule has 0 spiro atoms. The van der Waals surface area contributed by atoms with Gasteiger partial charge in [0.25, 0.3) is 5.91 Å². The van der Waals surface area contributed by atoms with Crippen LogP contribution >= 0.6 is 22.9 Å². The van der Waals surface area contributed by atoms with Crippen molar-refractivity contribution in [1.82, 2.24) is 9.78 Å². The lowest BCUT2D eigenvalue weighted by Crippen LogP contribution is -2.20. The van der Waals surface area contributed by atoms with E-state index in [0.717, 1.165) is 28.9 Å². The normalized spacial score (nSPS) is 11.0. The highest BCUT2D eigenvalue weighted by Crippen LogP contribution is 2.32. The molecule has 0 aliphatic heterocycles. The molecular weight excluding hydrogens is 448 g/mol. The molecule has 0 fully saturated rings. The van der Waals surface area contributed by atoms with E-state index < -0.39 is 30.1 Å². The number of nitrogens with one attached hydrogen (secondary N) is 1. The third-order valence-corrected chi connectivity index (χ3v) is 5.77. The average Bonchev–Trinajstić information content (AvgIpc) is 3.30. The number of esters is 1. The highest BCUT2D eigenvalue weighted by Gasteiger charge is 2.20. The summed E-state index contributed by atoms with van der Waals surface area (Å²) in [7, 11) is 0. The van der Waals surface area contributed by atoms with E-state index >= 15 is 0 Å². The van der Waals surface area contributed by atoms with Crippen molar-refractivity contribution >= 4 is 50.7 Å². The maximum Gasteiger partial charge on any atom is 0.348 e. The minimum absolute atomic E-state index is 0.0530. The third kappa shape index (κ3) is 4.28. The second kappa shape index (κ2) is 8.44. The van der Waals surface area contributed by atoms with Gasteiger partial charge in [0.15, 0.2) is 18.2 Å². The van der Waals surface area contributed by atoms with Crippen LogP contribution in [0, 0.1) is 18.6 Å².